The van der Waals surface area contributed by atoms with E-state index >= 15 is 0 Å². The van der Waals surface area contributed by atoms with Gasteiger partial charge in [0.05, 0.1) is 5.25 Å². The quantitative estimate of drug-likeness (QED) is 0.869. The summed E-state index contributed by atoms with van der Waals surface area (Å²) < 4.78 is 0. The van der Waals surface area contributed by atoms with Gasteiger partial charge in [-0.25, -0.2) is 0 Å². The zero-order valence-corrected chi connectivity index (χ0v) is 12.6. The normalized spacial score (nSPS) is 16.7. The Kier molecular flexibility index (Phi) is 4.08. The van der Waals surface area contributed by atoms with Crippen molar-refractivity contribution in [3.8, 4) is 0 Å². The summed E-state index contributed by atoms with van der Waals surface area (Å²) in [6, 6.07) is 11.1. The van der Waals surface area contributed by atoms with E-state index in [0.717, 1.165) is 0 Å². The molecule has 0 aliphatic heterocycles. The Morgan fingerprint density at radius 2 is 2.05 bits per heavy atom. The molecule has 2 unspecified atom stereocenters. The van der Waals surface area contributed by atoms with Gasteiger partial charge in [0.1, 0.15) is 0 Å². The summed E-state index contributed by atoms with van der Waals surface area (Å²) in [6.45, 7) is 2.07. The highest BCUT2D eigenvalue weighted by atomic mass is 32.2. The summed E-state index contributed by atoms with van der Waals surface area (Å²) in [5.41, 5.74) is 10.4. The smallest absolute Gasteiger partial charge is 0.0508 e. The van der Waals surface area contributed by atoms with Crippen molar-refractivity contribution in [2.24, 2.45) is 5.73 Å². The van der Waals surface area contributed by atoms with Crippen molar-refractivity contribution in [2.45, 2.75) is 42.4 Å². The standard InChI is InChI=1S/C17H20N2S/c1-12(18)17(15-6-3-9-19-11-15)20-16-8-7-13-4-2-5-14(13)10-16/h3,6-12,17H,2,4-5,18H2,1H3. The predicted octanol–water partition coefficient (Wildman–Crippen LogP) is 3.75. The lowest BCUT2D eigenvalue weighted by Gasteiger charge is -2.20. The van der Waals surface area contributed by atoms with Crippen molar-refractivity contribution in [1.82, 2.24) is 4.98 Å². The van der Waals surface area contributed by atoms with Crippen LogP contribution in [0.15, 0.2) is 47.6 Å². The van der Waals surface area contributed by atoms with Crippen molar-refractivity contribution < 1.29 is 0 Å². The predicted molar refractivity (Wildman–Crippen MR) is 85.0 cm³/mol. The molecule has 0 spiro atoms. The van der Waals surface area contributed by atoms with Crippen LogP contribution in [-0.2, 0) is 12.8 Å². The number of benzene rings is 1. The van der Waals surface area contributed by atoms with Crippen molar-refractivity contribution in [3.05, 3.63) is 59.4 Å². The molecule has 20 heavy (non-hydrogen) atoms. The third kappa shape index (κ3) is 2.89. The Morgan fingerprint density at radius 1 is 1.20 bits per heavy atom. The first kappa shape index (κ1) is 13.7. The molecule has 0 bridgehead atoms. The highest BCUT2D eigenvalue weighted by Crippen LogP contribution is 2.38. The average Bonchev–Trinajstić information content (AvgIpc) is 2.93. The number of aromatic nitrogens is 1. The molecule has 104 valence electrons. The Morgan fingerprint density at radius 3 is 2.80 bits per heavy atom. The van der Waals surface area contributed by atoms with E-state index in [1.54, 1.807) is 0 Å². The minimum absolute atomic E-state index is 0.0949. The molecule has 2 aromatic rings. The number of rotatable bonds is 4. The number of pyridine rings is 1. The molecule has 2 atom stereocenters. The van der Waals surface area contributed by atoms with Crippen molar-refractivity contribution in [2.75, 3.05) is 0 Å². The van der Waals surface area contributed by atoms with Crippen LogP contribution in [0.1, 0.15) is 35.3 Å². The van der Waals surface area contributed by atoms with E-state index in [-0.39, 0.29) is 11.3 Å². The molecule has 1 aliphatic rings. The molecule has 0 fully saturated rings. The highest BCUT2D eigenvalue weighted by molar-refractivity contribution is 7.99. The van der Waals surface area contributed by atoms with Gasteiger partial charge in [-0.3, -0.25) is 4.98 Å². The molecular weight excluding hydrogens is 264 g/mol. The fourth-order valence-electron chi connectivity index (χ4n) is 2.79. The van der Waals surface area contributed by atoms with Gasteiger partial charge in [0.15, 0.2) is 0 Å². The lowest BCUT2D eigenvalue weighted by Crippen LogP contribution is -2.22. The molecular formula is C17H20N2S. The molecule has 1 heterocycles. The minimum atomic E-state index is 0.0949. The fraction of sp³-hybridized carbons (Fsp3) is 0.353. The summed E-state index contributed by atoms with van der Waals surface area (Å²) in [5.74, 6) is 0. The van der Waals surface area contributed by atoms with Gasteiger partial charge in [-0.1, -0.05) is 12.1 Å². The first-order chi connectivity index (χ1) is 9.74. The van der Waals surface area contributed by atoms with E-state index in [2.05, 4.69) is 36.2 Å². The largest absolute Gasteiger partial charge is 0.327 e. The SMILES string of the molecule is CC(N)C(Sc1ccc2c(c1)CCC2)c1cccnc1. The summed E-state index contributed by atoms with van der Waals surface area (Å²) in [4.78, 5) is 5.54. The van der Waals surface area contributed by atoms with Crippen molar-refractivity contribution >= 4 is 11.8 Å². The molecule has 1 aromatic heterocycles. The third-order valence-corrected chi connectivity index (χ3v) is 5.30. The number of hydrogen-bond donors (Lipinski definition) is 1. The fourth-order valence-corrected chi connectivity index (χ4v) is 3.93. The molecule has 2 nitrogen and oxygen atoms in total. The average molecular weight is 284 g/mol. The molecule has 3 heteroatoms. The summed E-state index contributed by atoms with van der Waals surface area (Å²) in [5, 5.41) is 0.253. The van der Waals surface area contributed by atoms with Gasteiger partial charge in [-0.2, -0.15) is 0 Å². The molecule has 1 aromatic carbocycles. The van der Waals surface area contributed by atoms with E-state index in [1.165, 1.54) is 40.8 Å². The Labute approximate surface area is 124 Å². The van der Waals surface area contributed by atoms with Gasteiger partial charge in [-0.05, 0) is 61.1 Å². The van der Waals surface area contributed by atoms with Crippen LogP contribution in [0.25, 0.3) is 0 Å². The van der Waals surface area contributed by atoms with Crippen LogP contribution in [0.4, 0.5) is 0 Å². The van der Waals surface area contributed by atoms with Crippen LogP contribution in [0.3, 0.4) is 0 Å². The maximum atomic E-state index is 6.18. The number of fused-ring (bicyclic) bond motifs is 1. The van der Waals surface area contributed by atoms with Crippen LogP contribution in [0.2, 0.25) is 0 Å². The molecule has 0 saturated carbocycles. The van der Waals surface area contributed by atoms with Crippen LogP contribution in [0, 0.1) is 0 Å². The lowest BCUT2D eigenvalue weighted by atomic mass is 10.1. The molecule has 2 N–H and O–H groups in total. The number of thioether (sulfide) groups is 1. The van der Waals surface area contributed by atoms with Gasteiger partial charge in [0, 0.05) is 23.3 Å². The van der Waals surface area contributed by atoms with Crippen LogP contribution in [0.5, 0.6) is 0 Å². The van der Waals surface area contributed by atoms with E-state index in [1.807, 2.05) is 30.2 Å². The van der Waals surface area contributed by atoms with E-state index in [0.29, 0.717) is 0 Å². The Balaban J connectivity index is 1.84. The minimum Gasteiger partial charge on any atom is -0.327 e. The van der Waals surface area contributed by atoms with Crippen molar-refractivity contribution in [3.63, 3.8) is 0 Å². The Bertz CT molecular complexity index is 581. The molecule has 0 radical (unpaired) electrons. The molecule has 1 aliphatic carbocycles. The van der Waals surface area contributed by atoms with Crippen LogP contribution in [-0.4, -0.2) is 11.0 Å². The first-order valence-electron chi connectivity index (χ1n) is 7.18. The number of aryl methyl sites for hydroxylation is 2. The highest BCUT2D eigenvalue weighted by Gasteiger charge is 2.19. The first-order valence-corrected chi connectivity index (χ1v) is 8.06. The maximum absolute atomic E-state index is 6.18. The summed E-state index contributed by atoms with van der Waals surface area (Å²) in [7, 11) is 0. The molecule has 3 rings (SSSR count). The molecule has 0 saturated heterocycles. The third-order valence-electron chi connectivity index (χ3n) is 3.82. The van der Waals surface area contributed by atoms with Gasteiger partial charge < -0.3 is 5.73 Å². The van der Waals surface area contributed by atoms with Gasteiger partial charge in [0.25, 0.3) is 0 Å². The zero-order chi connectivity index (χ0) is 13.9. The molecule has 0 amide bonds. The Hall–Kier alpha value is -1.32. The van der Waals surface area contributed by atoms with E-state index < -0.39 is 0 Å². The van der Waals surface area contributed by atoms with Crippen LogP contribution >= 0.6 is 11.8 Å². The second-order valence-corrected chi connectivity index (χ2v) is 6.68. The maximum Gasteiger partial charge on any atom is 0.0508 e. The second kappa shape index (κ2) is 5.98. The second-order valence-electron chi connectivity index (χ2n) is 5.47. The van der Waals surface area contributed by atoms with Crippen molar-refractivity contribution in [1.29, 1.82) is 0 Å². The van der Waals surface area contributed by atoms with E-state index in [9.17, 15) is 0 Å². The van der Waals surface area contributed by atoms with Gasteiger partial charge in [-0.15, -0.1) is 11.8 Å². The zero-order valence-electron chi connectivity index (χ0n) is 11.8. The summed E-state index contributed by atoms with van der Waals surface area (Å²) in [6.07, 6.45) is 7.48. The topological polar surface area (TPSA) is 38.9 Å². The van der Waals surface area contributed by atoms with E-state index in [4.69, 9.17) is 5.73 Å². The van der Waals surface area contributed by atoms with Gasteiger partial charge in [0.2, 0.25) is 0 Å². The monoisotopic (exact) mass is 284 g/mol. The lowest BCUT2D eigenvalue weighted by molar-refractivity contribution is 0.719. The number of nitrogens with zero attached hydrogens (tertiary/aromatic N) is 1. The van der Waals surface area contributed by atoms with Crippen LogP contribution < -0.4 is 5.73 Å². The number of hydrogen-bond acceptors (Lipinski definition) is 3. The van der Waals surface area contributed by atoms with Gasteiger partial charge >= 0.3 is 0 Å². The number of nitrogens with two attached hydrogens (primary N) is 1. The summed E-state index contributed by atoms with van der Waals surface area (Å²) >= 11 is 1.85.